The molecule has 0 radical (unpaired) electrons. The van der Waals surface area contributed by atoms with Gasteiger partial charge in [0.05, 0.1) is 5.69 Å². The van der Waals surface area contributed by atoms with Crippen LogP contribution in [0.5, 0.6) is 11.5 Å². The molecule has 0 saturated carbocycles. The average Bonchev–Trinajstić information content (AvgIpc) is 3.22. The molecule has 8 nitrogen and oxygen atoms in total. The third kappa shape index (κ3) is 5.27. The van der Waals surface area contributed by atoms with E-state index in [1.807, 2.05) is 6.92 Å². The van der Waals surface area contributed by atoms with Crippen LogP contribution in [0, 0.1) is 5.82 Å². The number of amides is 1. The van der Waals surface area contributed by atoms with Crippen molar-refractivity contribution in [2.45, 2.75) is 20.0 Å². The summed E-state index contributed by atoms with van der Waals surface area (Å²) in [4.78, 5) is 29.3. The Kier molecular flexibility index (Phi) is 6.41. The third-order valence-electron chi connectivity index (χ3n) is 4.33. The van der Waals surface area contributed by atoms with Crippen LogP contribution < -0.4 is 20.3 Å². The Hall–Kier alpha value is -3.79. The fourth-order valence-corrected chi connectivity index (χ4v) is 3.67. The molecule has 32 heavy (non-hydrogen) atoms. The summed E-state index contributed by atoms with van der Waals surface area (Å²) in [6, 6.07) is 13.6. The van der Waals surface area contributed by atoms with Crippen LogP contribution in [0.4, 0.5) is 10.1 Å². The second-order valence-electron chi connectivity index (χ2n) is 6.74. The van der Waals surface area contributed by atoms with Crippen LogP contribution in [0.3, 0.4) is 0 Å². The molecule has 4 rings (SSSR count). The van der Waals surface area contributed by atoms with E-state index in [1.165, 1.54) is 46.2 Å². The van der Waals surface area contributed by atoms with Gasteiger partial charge in [0, 0.05) is 17.8 Å². The van der Waals surface area contributed by atoms with Gasteiger partial charge in [0.15, 0.2) is 6.61 Å². The van der Waals surface area contributed by atoms with Crippen LogP contribution in [0.2, 0.25) is 0 Å². The SMILES string of the molecule is CCc1nn2c(=O)cc(COc3cccc(NC(=O)COc4ccc(F)cc4)c3)nc2s1. The first-order valence-corrected chi connectivity index (χ1v) is 10.6. The summed E-state index contributed by atoms with van der Waals surface area (Å²) in [5, 5.41) is 7.76. The Morgan fingerprint density at radius 3 is 2.72 bits per heavy atom. The van der Waals surface area contributed by atoms with Crippen molar-refractivity contribution in [3.63, 3.8) is 0 Å². The maximum atomic E-state index is 12.9. The molecule has 0 fully saturated rings. The van der Waals surface area contributed by atoms with E-state index in [1.54, 1.807) is 24.3 Å². The van der Waals surface area contributed by atoms with Crippen molar-refractivity contribution in [3.8, 4) is 11.5 Å². The van der Waals surface area contributed by atoms with Gasteiger partial charge in [-0.3, -0.25) is 9.59 Å². The van der Waals surface area contributed by atoms with Crippen LogP contribution >= 0.6 is 11.3 Å². The molecule has 1 amide bonds. The number of hydrogen-bond acceptors (Lipinski definition) is 7. The van der Waals surface area contributed by atoms with Crippen LogP contribution in [-0.2, 0) is 17.8 Å². The molecule has 2 aromatic carbocycles. The number of aryl methyl sites for hydroxylation is 1. The zero-order valence-corrected chi connectivity index (χ0v) is 17.9. The number of ether oxygens (including phenoxy) is 2. The zero-order chi connectivity index (χ0) is 22.5. The van der Waals surface area contributed by atoms with E-state index in [9.17, 15) is 14.0 Å². The third-order valence-corrected chi connectivity index (χ3v) is 5.38. The zero-order valence-electron chi connectivity index (χ0n) is 17.1. The van der Waals surface area contributed by atoms with Gasteiger partial charge in [-0.2, -0.15) is 9.61 Å². The number of anilines is 1. The lowest BCUT2D eigenvalue weighted by atomic mass is 10.3. The van der Waals surface area contributed by atoms with Gasteiger partial charge in [-0.25, -0.2) is 9.37 Å². The molecule has 0 saturated heterocycles. The summed E-state index contributed by atoms with van der Waals surface area (Å²) in [7, 11) is 0. The number of nitrogens with zero attached hydrogens (tertiary/aromatic N) is 3. The van der Waals surface area contributed by atoms with Crippen LogP contribution in [0.15, 0.2) is 59.4 Å². The molecule has 0 aliphatic rings. The maximum Gasteiger partial charge on any atom is 0.275 e. The lowest BCUT2D eigenvalue weighted by Crippen LogP contribution is -2.20. The molecule has 0 aliphatic carbocycles. The number of benzene rings is 2. The number of carbonyl (C=O) groups is 1. The second kappa shape index (κ2) is 9.56. The molecular formula is C22H19FN4O4S. The average molecular weight is 454 g/mol. The molecule has 0 spiro atoms. The molecule has 0 atom stereocenters. The molecule has 164 valence electrons. The quantitative estimate of drug-likeness (QED) is 0.438. The molecule has 1 N–H and O–H groups in total. The van der Waals surface area contributed by atoms with Crippen LogP contribution in [0.25, 0.3) is 4.96 Å². The normalized spacial score (nSPS) is 10.8. The van der Waals surface area contributed by atoms with Gasteiger partial charge in [-0.1, -0.05) is 24.3 Å². The van der Waals surface area contributed by atoms with Crippen molar-refractivity contribution in [2.75, 3.05) is 11.9 Å². The first kappa shape index (κ1) is 21.4. The van der Waals surface area contributed by atoms with Crippen LogP contribution in [0.1, 0.15) is 17.6 Å². The molecular weight excluding hydrogens is 435 g/mol. The van der Waals surface area contributed by atoms with E-state index >= 15 is 0 Å². The fraction of sp³-hybridized carbons (Fsp3) is 0.182. The lowest BCUT2D eigenvalue weighted by Gasteiger charge is -2.10. The van der Waals surface area contributed by atoms with E-state index in [2.05, 4.69) is 15.4 Å². The number of halogens is 1. The van der Waals surface area contributed by atoms with Crippen molar-refractivity contribution in [1.82, 2.24) is 14.6 Å². The van der Waals surface area contributed by atoms with Gasteiger partial charge < -0.3 is 14.8 Å². The van der Waals surface area contributed by atoms with Gasteiger partial charge in [0.1, 0.15) is 28.9 Å². The summed E-state index contributed by atoms with van der Waals surface area (Å²) < 4.78 is 25.3. The highest BCUT2D eigenvalue weighted by atomic mass is 32.1. The van der Waals surface area contributed by atoms with Gasteiger partial charge in [-0.05, 0) is 42.8 Å². The predicted octanol–water partition coefficient (Wildman–Crippen LogP) is 3.45. The molecule has 0 unspecified atom stereocenters. The largest absolute Gasteiger partial charge is 0.487 e. The maximum absolute atomic E-state index is 12.9. The van der Waals surface area contributed by atoms with Gasteiger partial charge in [-0.15, -0.1) is 0 Å². The lowest BCUT2D eigenvalue weighted by molar-refractivity contribution is -0.118. The highest BCUT2D eigenvalue weighted by Crippen LogP contribution is 2.19. The van der Waals surface area contributed by atoms with E-state index in [-0.39, 0.29) is 30.5 Å². The van der Waals surface area contributed by atoms with Crippen molar-refractivity contribution in [1.29, 1.82) is 0 Å². The van der Waals surface area contributed by atoms with Gasteiger partial charge >= 0.3 is 0 Å². The predicted molar refractivity (Wildman–Crippen MR) is 118 cm³/mol. The first-order chi connectivity index (χ1) is 15.5. The highest BCUT2D eigenvalue weighted by molar-refractivity contribution is 7.16. The molecule has 2 heterocycles. The van der Waals surface area contributed by atoms with E-state index in [0.717, 1.165) is 11.4 Å². The number of rotatable bonds is 8. The summed E-state index contributed by atoms with van der Waals surface area (Å²) in [6.07, 6.45) is 0.729. The Morgan fingerprint density at radius 2 is 1.94 bits per heavy atom. The van der Waals surface area contributed by atoms with Crippen molar-refractivity contribution >= 4 is 27.9 Å². The minimum atomic E-state index is -0.378. The number of fused-ring (bicyclic) bond motifs is 1. The van der Waals surface area contributed by atoms with Gasteiger partial charge in [0.25, 0.3) is 11.5 Å². The second-order valence-corrected chi connectivity index (χ2v) is 7.78. The number of hydrogen-bond donors (Lipinski definition) is 1. The summed E-state index contributed by atoms with van der Waals surface area (Å²) >= 11 is 1.37. The Balaban J connectivity index is 1.35. The van der Waals surface area contributed by atoms with Gasteiger partial charge in [0.2, 0.25) is 4.96 Å². The molecule has 0 bridgehead atoms. The first-order valence-electron chi connectivity index (χ1n) is 9.80. The minimum Gasteiger partial charge on any atom is -0.487 e. The van der Waals surface area contributed by atoms with E-state index in [0.29, 0.717) is 27.8 Å². The van der Waals surface area contributed by atoms with Crippen molar-refractivity contribution < 1.29 is 18.7 Å². The van der Waals surface area contributed by atoms with Crippen molar-refractivity contribution in [3.05, 3.63) is 81.5 Å². The number of aromatic nitrogens is 3. The Bertz CT molecular complexity index is 1300. The molecule has 10 heteroatoms. The molecule has 2 aromatic heterocycles. The Morgan fingerprint density at radius 1 is 1.12 bits per heavy atom. The minimum absolute atomic E-state index is 0.0934. The summed E-state index contributed by atoms with van der Waals surface area (Å²) in [5.41, 5.74) is 0.754. The summed E-state index contributed by atoms with van der Waals surface area (Å²) in [6.45, 7) is 1.84. The van der Waals surface area contributed by atoms with E-state index < -0.39 is 0 Å². The summed E-state index contributed by atoms with van der Waals surface area (Å²) in [5.74, 6) is 0.147. The highest BCUT2D eigenvalue weighted by Gasteiger charge is 2.09. The van der Waals surface area contributed by atoms with E-state index in [4.69, 9.17) is 9.47 Å². The smallest absolute Gasteiger partial charge is 0.275 e. The number of carbonyl (C=O) groups excluding carboxylic acids is 1. The standard InChI is InChI=1S/C22H19FN4O4S/c1-2-20-26-27-21(29)11-16(25-22(27)32-20)12-30-18-5-3-4-15(10-18)24-19(28)13-31-17-8-6-14(23)7-9-17/h3-11H,2,12-13H2,1H3,(H,24,28). The van der Waals surface area contributed by atoms with Crippen molar-refractivity contribution in [2.24, 2.45) is 0 Å². The van der Waals surface area contributed by atoms with Crippen LogP contribution in [-0.4, -0.2) is 27.1 Å². The Labute approximate surface area is 186 Å². The monoisotopic (exact) mass is 454 g/mol. The molecule has 4 aromatic rings. The fourth-order valence-electron chi connectivity index (χ4n) is 2.81. The molecule has 0 aliphatic heterocycles. The topological polar surface area (TPSA) is 94.8 Å². The number of nitrogens with one attached hydrogen (secondary N) is 1.